The highest BCUT2D eigenvalue weighted by Gasteiger charge is 2.51. The van der Waals surface area contributed by atoms with Crippen LogP contribution in [0.15, 0.2) is 132 Å². The van der Waals surface area contributed by atoms with Crippen LogP contribution < -0.4 is 0 Å². The predicted molar refractivity (Wildman–Crippen MR) is 261 cm³/mol. The Morgan fingerprint density at radius 1 is 0.484 bits per heavy atom. The van der Waals surface area contributed by atoms with Gasteiger partial charge in [0.2, 0.25) is 0 Å². The van der Waals surface area contributed by atoms with E-state index < -0.39 is 0 Å². The van der Waals surface area contributed by atoms with Gasteiger partial charge in [-0.3, -0.25) is 0 Å². The van der Waals surface area contributed by atoms with E-state index in [0.29, 0.717) is 11.8 Å². The van der Waals surface area contributed by atoms with Crippen molar-refractivity contribution >= 4 is 65.7 Å². The molecule has 8 saturated carbocycles. The summed E-state index contributed by atoms with van der Waals surface area (Å²) in [7, 11) is 0. The van der Waals surface area contributed by atoms with Crippen molar-refractivity contribution in [1.29, 1.82) is 0 Å². The summed E-state index contributed by atoms with van der Waals surface area (Å²) in [5.74, 6) is 9.25. The highest BCUT2D eigenvalue weighted by Crippen LogP contribution is 2.63. The van der Waals surface area contributed by atoms with E-state index in [1.54, 1.807) is 11.1 Å². The molecule has 0 aliphatic heterocycles. The van der Waals surface area contributed by atoms with E-state index in [2.05, 4.69) is 134 Å². The van der Waals surface area contributed by atoms with Gasteiger partial charge in [-0.15, -0.1) is 0 Å². The van der Waals surface area contributed by atoms with Crippen LogP contribution >= 0.6 is 0 Å². The first-order valence-corrected chi connectivity index (χ1v) is 24.3. The van der Waals surface area contributed by atoms with Gasteiger partial charge >= 0.3 is 0 Å². The number of rotatable bonds is 6. The molecule has 0 atom stereocenters. The molecule has 8 aliphatic rings. The van der Waals surface area contributed by atoms with Crippen LogP contribution in [-0.4, -0.2) is 0 Å². The van der Waals surface area contributed by atoms with Gasteiger partial charge < -0.3 is 4.42 Å². The molecule has 8 aromatic rings. The number of furan rings is 1. The van der Waals surface area contributed by atoms with Crippen LogP contribution in [0.2, 0.25) is 0 Å². The lowest BCUT2D eigenvalue weighted by Gasteiger charge is -2.55. The molecule has 0 saturated heterocycles. The topological polar surface area (TPSA) is 13.1 Å². The SMILES string of the molecule is C=C(c1oc2ccc(-c3c4ccccc4c(C4C5CC6CC(C5)CC4C6)c4ccccc34)cc2c1/C=C\C)c1c2ccccc2c(C2C3CC4CC(C3)CC2C4)c2ccccc12. The fourth-order valence-electron chi connectivity index (χ4n) is 16.4. The van der Waals surface area contributed by atoms with E-state index >= 15 is 0 Å². The average molecular weight is 805 g/mol. The van der Waals surface area contributed by atoms with E-state index in [1.807, 2.05) is 0 Å². The Morgan fingerprint density at radius 2 is 0.887 bits per heavy atom. The molecule has 1 heterocycles. The molecule has 0 radical (unpaired) electrons. The molecule has 8 bridgehead atoms. The minimum atomic E-state index is 0.636. The molecule has 8 fully saturated rings. The lowest BCUT2D eigenvalue weighted by atomic mass is 9.50. The fourth-order valence-corrected chi connectivity index (χ4v) is 16.4. The highest BCUT2D eigenvalue weighted by molar-refractivity contribution is 6.17. The molecule has 1 heteroatoms. The van der Waals surface area contributed by atoms with Crippen molar-refractivity contribution in [2.24, 2.45) is 47.3 Å². The van der Waals surface area contributed by atoms with E-state index in [4.69, 9.17) is 11.0 Å². The summed E-state index contributed by atoms with van der Waals surface area (Å²) in [6.45, 7) is 7.10. The second-order valence-electron chi connectivity index (χ2n) is 21.2. The Hall–Kier alpha value is -5.40. The second kappa shape index (κ2) is 13.6. The van der Waals surface area contributed by atoms with Crippen molar-refractivity contribution in [2.75, 3.05) is 0 Å². The number of hydrogen-bond donors (Lipinski definition) is 0. The van der Waals surface area contributed by atoms with Gasteiger partial charge in [0.15, 0.2) is 0 Å². The summed E-state index contributed by atoms with van der Waals surface area (Å²) in [5.41, 5.74) is 10.1. The summed E-state index contributed by atoms with van der Waals surface area (Å²) in [6, 6.07) is 44.3. The van der Waals surface area contributed by atoms with Crippen molar-refractivity contribution in [2.45, 2.75) is 83.0 Å². The van der Waals surface area contributed by atoms with Crippen molar-refractivity contribution in [1.82, 2.24) is 0 Å². The maximum Gasteiger partial charge on any atom is 0.142 e. The summed E-state index contributed by atoms with van der Waals surface area (Å²) < 4.78 is 7.06. The predicted octanol–water partition coefficient (Wildman–Crippen LogP) is 16.9. The third kappa shape index (κ3) is 5.15. The zero-order valence-electron chi connectivity index (χ0n) is 36.1. The Labute approximate surface area is 365 Å². The van der Waals surface area contributed by atoms with Crippen LogP contribution in [0.5, 0.6) is 0 Å². The number of allylic oxidation sites excluding steroid dienone is 1. The van der Waals surface area contributed by atoms with Gasteiger partial charge in [0, 0.05) is 22.1 Å². The Balaban J connectivity index is 0.939. The fraction of sp³-hybridized carbons (Fsp3) is 0.344. The van der Waals surface area contributed by atoms with E-state index in [1.165, 1.54) is 124 Å². The molecular formula is C61H56O. The molecular weight excluding hydrogens is 749 g/mol. The molecule has 0 N–H and O–H groups in total. The molecule has 0 amide bonds. The molecule has 1 aromatic heterocycles. The van der Waals surface area contributed by atoms with Gasteiger partial charge in [-0.05, 0) is 208 Å². The lowest BCUT2D eigenvalue weighted by molar-refractivity contribution is -0.00191. The summed E-state index contributed by atoms with van der Waals surface area (Å²) in [6.07, 6.45) is 18.8. The standard InChI is InChI=1S/C61H56O/c1-3-12-52-53-33-39(58-46-15-6-10-19-50(46)60(51-20-11-7-16-47(51)58)57-42-29-37-24-38(31-42)32-43(57)30-37)21-22-54(53)62-61(52)34(2)55-44-13-4-8-17-48(44)59(49-18-9-5-14-45(49)55)56-40-25-35-23-36(27-40)28-41(56)26-35/h3-22,33,35-38,40-43,56-57H,2,23-32H2,1H3/b12-3-. The minimum Gasteiger partial charge on any atom is -0.455 e. The first-order chi connectivity index (χ1) is 30.6. The summed E-state index contributed by atoms with van der Waals surface area (Å²) in [4.78, 5) is 0. The zero-order chi connectivity index (χ0) is 40.8. The molecule has 7 aromatic carbocycles. The number of benzene rings is 7. The van der Waals surface area contributed by atoms with Gasteiger partial charge in [0.05, 0.1) is 0 Å². The van der Waals surface area contributed by atoms with Crippen LogP contribution in [0.25, 0.3) is 76.8 Å². The van der Waals surface area contributed by atoms with E-state index in [-0.39, 0.29) is 0 Å². The first kappa shape index (κ1) is 36.1. The quantitative estimate of drug-likeness (QED) is 0.153. The monoisotopic (exact) mass is 804 g/mol. The van der Waals surface area contributed by atoms with Crippen LogP contribution in [0, 0.1) is 47.3 Å². The van der Waals surface area contributed by atoms with E-state index in [9.17, 15) is 0 Å². The van der Waals surface area contributed by atoms with Crippen LogP contribution in [-0.2, 0) is 0 Å². The van der Waals surface area contributed by atoms with E-state index in [0.717, 1.165) is 75.2 Å². The molecule has 62 heavy (non-hydrogen) atoms. The van der Waals surface area contributed by atoms with Gasteiger partial charge in [-0.1, -0.05) is 122 Å². The van der Waals surface area contributed by atoms with Crippen molar-refractivity contribution in [3.63, 3.8) is 0 Å². The van der Waals surface area contributed by atoms with Crippen LogP contribution in [0.1, 0.15) is 111 Å². The third-order valence-corrected chi connectivity index (χ3v) is 18.0. The van der Waals surface area contributed by atoms with Gasteiger partial charge in [-0.2, -0.15) is 0 Å². The van der Waals surface area contributed by atoms with Gasteiger partial charge in [0.25, 0.3) is 0 Å². The van der Waals surface area contributed by atoms with Crippen molar-refractivity contribution < 1.29 is 4.42 Å². The van der Waals surface area contributed by atoms with Gasteiger partial charge in [0.1, 0.15) is 11.3 Å². The average Bonchev–Trinajstić information content (AvgIpc) is 3.65. The lowest BCUT2D eigenvalue weighted by Crippen LogP contribution is -2.43. The number of hydrogen-bond acceptors (Lipinski definition) is 1. The Kier molecular flexibility index (Phi) is 7.89. The largest absolute Gasteiger partial charge is 0.455 e. The molecule has 8 aliphatic carbocycles. The normalized spacial score (nSPS) is 29.7. The Morgan fingerprint density at radius 3 is 1.32 bits per heavy atom. The maximum absolute atomic E-state index is 7.06. The zero-order valence-corrected chi connectivity index (χ0v) is 36.1. The highest BCUT2D eigenvalue weighted by atomic mass is 16.3. The van der Waals surface area contributed by atoms with Crippen LogP contribution in [0.3, 0.4) is 0 Å². The van der Waals surface area contributed by atoms with Crippen LogP contribution in [0.4, 0.5) is 0 Å². The minimum absolute atomic E-state index is 0.636. The maximum atomic E-state index is 7.06. The van der Waals surface area contributed by atoms with Gasteiger partial charge in [-0.25, -0.2) is 0 Å². The van der Waals surface area contributed by atoms with Crippen molar-refractivity contribution in [3.05, 3.63) is 156 Å². The molecule has 0 spiro atoms. The number of fused-ring (bicyclic) bond motifs is 5. The Bertz CT molecular complexity index is 3040. The summed E-state index contributed by atoms with van der Waals surface area (Å²) >= 11 is 0. The third-order valence-electron chi connectivity index (χ3n) is 18.0. The first-order valence-electron chi connectivity index (χ1n) is 24.3. The van der Waals surface area contributed by atoms with Crippen molar-refractivity contribution in [3.8, 4) is 11.1 Å². The molecule has 0 unspecified atom stereocenters. The smallest absolute Gasteiger partial charge is 0.142 e. The molecule has 1 nitrogen and oxygen atoms in total. The molecule has 306 valence electrons. The summed E-state index contributed by atoms with van der Waals surface area (Å²) in [5, 5.41) is 12.3. The molecule has 16 rings (SSSR count). The second-order valence-corrected chi connectivity index (χ2v) is 21.2.